The maximum absolute atomic E-state index is 12.4. The lowest BCUT2D eigenvalue weighted by atomic mass is 10.1. The van der Waals surface area contributed by atoms with Gasteiger partial charge in [-0.15, -0.1) is 10.2 Å². The molecule has 144 valence electrons. The van der Waals surface area contributed by atoms with Crippen molar-refractivity contribution in [2.75, 3.05) is 19.5 Å². The highest BCUT2D eigenvalue weighted by Crippen LogP contribution is 2.28. The number of ketones is 1. The van der Waals surface area contributed by atoms with E-state index in [9.17, 15) is 9.59 Å². The minimum absolute atomic E-state index is 0.0479. The van der Waals surface area contributed by atoms with E-state index < -0.39 is 0 Å². The van der Waals surface area contributed by atoms with E-state index in [1.165, 1.54) is 25.6 Å². The Bertz CT molecular complexity index is 973. The van der Waals surface area contributed by atoms with E-state index in [-0.39, 0.29) is 11.7 Å². The summed E-state index contributed by atoms with van der Waals surface area (Å²) in [4.78, 5) is 24.6. The zero-order valence-corrected chi connectivity index (χ0v) is 16.3. The van der Waals surface area contributed by atoms with Gasteiger partial charge in [0, 0.05) is 24.0 Å². The quantitative estimate of drug-likeness (QED) is 0.584. The predicted octanol–water partition coefficient (Wildman–Crippen LogP) is 3.62. The molecule has 0 aliphatic rings. The Hall–Kier alpha value is -3.26. The SMILES string of the molecule is COc1ccc(C(=O)Nc2nnc(CCC(=O)c3ccccc3)s2)cc1OC. The lowest BCUT2D eigenvalue weighted by Crippen LogP contribution is -2.12. The number of amides is 1. The first kappa shape index (κ1) is 19.5. The van der Waals surface area contributed by atoms with Gasteiger partial charge in [0.1, 0.15) is 5.01 Å². The van der Waals surface area contributed by atoms with Crippen LogP contribution in [-0.4, -0.2) is 36.1 Å². The fourth-order valence-electron chi connectivity index (χ4n) is 2.54. The number of carbonyl (C=O) groups excluding carboxylic acids is 2. The van der Waals surface area contributed by atoms with Gasteiger partial charge in [-0.2, -0.15) is 0 Å². The number of carbonyl (C=O) groups is 2. The number of anilines is 1. The first-order chi connectivity index (χ1) is 13.6. The Morgan fingerprint density at radius 1 is 0.964 bits per heavy atom. The van der Waals surface area contributed by atoms with Gasteiger partial charge in [-0.05, 0) is 18.2 Å². The third-order valence-electron chi connectivity index (χ3n) is 3.99. The molecule has 8 heteroatoms. The lowest BCUT2D eigenvalue weighted by molar-refractivity contribution is 0.0981. The van der Waals surface area contributed by atoms with E-state index in [0.29, 0.717) is 45.6 Å². The van der Waals surface area contributed by atoms with E-state index in [1.54, 1.807) is 30.3 Å². The summed E-state index contributed by atoms with van der Waals surface area (Å²) >= 11 is 1.25. The molecule has 7 nitrogen and oxygen atoms in total. The summed E-state index contributed by atoms with van der Waals surface area (Å²) < 4.78 is 10.4. The molecule has 1 N–H and O–H groups in total. The number of Topliss-reactive ketones (excluding diaryl/α,β-unsaturated/α-hetero) is 1. The molecule has 1 heterocycles. The van der Waals surface area contributed by atoms with Crippen molar-refractivity contribution in [1.82, 2.24) is 10.2 Å². The van der Waals surface area contributed by atoms with Crippen LogP contribution in [0.5, 0.6) is 11.5 Å². The van der Waals surface area contributed by atoms with Crippen LogP contribution in [0.2, 0.25) is 0 Å². The minimum Gasteiger partial charge on any atom is -0.493 e. The molecule has 0 spiro atoms. The minimum atomic E-state index is -0.330. The van der Waals surface area contributed by atoms with Gasteiger partial charge < -0.3 is 9.47 Å². The van der Waals surface area contributed by atoms with Crippen LogP contribution in [-0.2, 0) is 6.42 Å². The highest BCUT2D eigenvalue weighted by molar-refractivity contribution is 7.15. The molecule has 3 aromatic rings. The maximum atomic E-state index is 12.4. The average Bonchev–Trinajstić information content (AvgIpc) is 3.19. The third kappa shape index (κ3) is 4.72. The molecule has 0 radical (unpaired) electrons. The summed E-state index contributed by atoms with van der Waals surface area (Å²) in [5, 5.41) is 11.8. The molecule has 28 heavy (non-hydrogen) atoms. The van der Waals surface area contributed by atoms with Crippen molar-refractivity contribution < 1.29 is 19.1 Å². The van der Waals surface area contributed by atoms with Crippen LogP contribution in [0.1, 0.15) is 32.1 Å². The number of aryl methyl sites for hydroxylation is 1. The normalized spacial score (nSPS) is 10.4. The van der Waals surface area contributed by atoms with E-state index in [4.69, 9.17) is 9.47 Å². The largest absolute Gasteiger partial charge is 0.493 e. The Kier molecular flexibility index (Phi) is 6.33. The number of benzene rings is 2. The monoisotopic (exact) mass is 397 g/mol. The second kappa shape index (κ2) is 9.09. The number of ether oxygens (including phenoxy) is 2. The highest BCUT2D eigenvalue weighted by atomic mass is 32.1. The Morgan fingerprint density at radius 3 is 2.43 bits per heavy atom. The number of hydrogen-bond acceptors (Lipinski definition) is 7. The van der Waals surface area contributed by atoms with Crippen LogP contribution in [0.4, 0.5) is 5.13 Å². The van der Waals surface area contributed by atoms with Crippen LogP contribution < -0.4 is 14.8 Å². The first-order valence-corrected chi connectivity index (χ1v) is 9.36. The summed E-state index contributed by atoms with van der Waals surface area (Å²) in [6.45, 7) is 0. The molecule has 0 saturated heterocycles. The fourth-order valence-corrected chi connectivity index (χ4v) is 3.28. The van der Waals surface area contributed by atoms with Gasteiger partial charge in [0.25, 0.3) is 5.91 Å². The summed E-state index contributed by atoms with van der Waals surface area (Å²) in [6.07, 6.45) is 0.805. The van der Waals surface area contributed by atoms with E-state index in [2.05, 4.69) is 15.5 Å². The average molecular weight is 397 g/mol. The topological polar surface area (TPSA) is 90.4 Å². The van der Waals surface area contributed by atoms with Gasteiger partial charge in [0.05, 0.1) is 14.2 Å². The van der Waals surface area contributed by atoms with Crippen molar-refractivity contribution >= 4 is 28.2 Å². The molecule has 0 bridgehead atoms. The van der Waals surface area contributed by atoms with Crippen molar-refractivity contribution in [2.45, 2.75) is 12.8 Å². The zero-order chi connectivity index (χ0) is 19.9. The molecule has 3 rings (SSSR count). The van der Waals surface area contributed by atoms with Crippen LogP contribution >= 0.6 is 11.3 Å². The molecular formula is C20H19N3O4S. The molecule has 1 aromatic heterocycles. The molecule has 0 atom stereocenters. The fraction of sp³-hybridized carbons (Fsp3) is 0.200. The lowest BCUT2D eigenvalue weighted by Gasteiger charge is -2.08. The van der Waals surface area contributed by atoms with Crippen molar-refractivity contribution in [3.63, 3.8) is 0 Å². The molecule has 1 amide bonds. The second-order valence-electron chi connectivity index (χ2n) is 5.81. The van der Waals surface area contributed by atoms with Crippen LogP contribution in [0.3, 0.4) is 0 Å². The molecule has 0 aliphatic carbocycles. The van der Waals surface area contributed by atoms with E-state index in [0.717, 1.165) is 0 Å². The van der Waals surface area contributed by atoms with Crippen LogP contribution in [0.15, 0.2) is 48.5 Å². The number of methoxy groups -OCH3 is 2. The third-order valence-corrected chi connectivity index (χ3v) is 4.89. The van der Waals surface area contributed by atoms with Crippen LogP contribution in [0, 0.1) is 0 Å². The highest BCUT2D eigenvalue weighted by Gasteiger charge is 2.14. The van der Waals surface area contributed by atoms with Gasteiger partial charge in [0.2, 0.25) is 5.13 Å². The molecule has 0 fully saturated rings. The van der Waals surface area contributed by atoms with Gasteiger partial charge >= 0.3 is 0 Å². The van der Waals surface area contributed by atoms with Gasteiger partial charge in [0.15, 0.2) is 17.3 Å². The van der Waals surface area contributed by atoms with Gasteiger partial charge in [-0.3, -0.25) is 14.9 Å². The van der Waals surface area contributed by atoms with E-state index in [1.807, 2.05) is 18.2 Å². The summed E-state index contributed by atoms with van der Waals surface area (Å²) in [5.74, 6) is 0.726. The number of nitrogens with zero attached hydrogens (tertiary/aromatic N) is 2. The molecular weight excluding hydrogens is 378 g/mol. The summed E-state index contributed by atoms with van der Waals surface area (Å²) in [5.41, 5.74) is 1.09. The molecule has 0 aliphatic heterocycles. The Morgan fingerprint density at radius 2 is 1.71 bits per heavy atom. The second-order valence-corrected chi connectivity index (χ2v) is 6.88. The Balaban J connectivity index is 1.60. The van der Waals surface area contributed by atoms with E-state index >= 15 is 0 Å². The van der Waals surface area contributed by atoms with Crippen LogP contribution in [0.25, 0.3) is 0 Å². The number of rotatable bonds is 8. The predicted molar refractivity (Wildman–Crippen MR) is 107 cm³/mol. The molecule has 0 saturated carbocycles. The van der Waals surface area contributed by atoms with Gasteiger partial charge in [-0.25, -0.2) is 0 Å². The summed E-state index contributed by atoms with van der Waals surface area (Å²) in [7, 11) is 3.04. The first-order valence-electron chi connectivity index (χ1n) is 8.54. The standard InChI is InChI=1S/C20H19N3O4S/c1-26-16-10-8-14(12-17(16)27-2)19(25)21-20-23-22-18(28-20)11-9-15(24)13-6-4-3-5-7-13/h3-8,10,12H,9,11H2,1-2H3,(H,21,23,25). The van der Waals surface area contributed by atoms with Crippen molar-refractivity contribution in [3.8, 4) is 11.5 Å². The summed E-state index contributed by atoms with van der Waals surface area (Å²) in [6, 6.07) is 14.0. The maximum Gasteiger partial charge on any atom is 0.257 e. The molecule has 0 unspecified atom stereocenters. The van der Waals surface area contributed by atoms with Crippen molar-refractivity contribution in [2.24, 2.45) is 0 Å². The number of hydrogen-bond donors (Lipinski definition) is 1. The number of aromatic nitrogens is 2. The smallest absolute Gasteiger partial charge is 0.257 e. The van der Waals surface area contributed by atoms with Crippen molar-refractivity contribution in [1.29, 1.82) is 0 Å². The molecule has 2 aromatic carbocycles. The zero-order valence-electron chi connectivity index (χ0n) is 15.5. The number of nitrogens with one attached hydrogen (secondary N) is 1. The Labute approximate surface area is 166 Å². The van der Waals surface area contributed by atoms with Crippen molar-refractivity contribution in [3.05, 3.63) is 64.7 Å². The van der Waals surface area contributed by atoms with Gasteiger partial charge in [-0.1, -0.05) is 41.7 Å².